The second-order valence-corrected chi connectivity index (χ2v) is 8.67. The van der Waals surface area contributed by atoms with Crippen molar-refractivity contribution in [1.82, 2.24) is 0 Å². The highest BCUT2D eigenvalue weighted by Crippen LogP contribution is 2.37. The molecule has 6 heteroatoms. The molecule has 4 nitrogen and oxygen atoms in total. The molecule has 1 aliphatic heterocycles. The molecule has 1 saturated heterocycles. The Morgan fingerprint density at radius 2 is 1.86 bits per heavy atom. The van der Waals surface area contributed by atoms with Gasteiger partial charge in [0.25, 0.3) is 0 Å². The maximum Gasteiger partial charge on any atom is 0.187 e. The summed E-state index contributed by atoms with van der Waals surface area (Å²) in [5.41, 5.74) is 7.05. The van der Waals surface area contributed by atoms with Gasteiger partial charge in [0.1, 0.15) is 5.25 Å². The molecule has 2 aliphatic rings. The van der Waals surface area contributed by atoms with Crippen LogP contribution in [0, 0.1) is 0 Å². The predicted molar refractivity (Wildman–Crippen MR) is 82.2 cm³/mol. The number of ether oxygens (including phenoxy) is 1. The lowest BCUT2D eigenvalue weighted by Crippen LogP contribution is -2.41. The first-order chi connectivity index (χ1) is 9.93. The fourth-order valence-electron chi connectivity index (χ4n) is 3.09. The molecule has 0 aromatic heterocycles. The molecule has 0 unspecified atom stereocenters. The summed E-state index contributed by atoms with van der Waals surface area (Å²) < 4.78 is 29.8. The first-order valence-electron chi connectivity index (χ1n) is 7.34. The van der Waals surface area contributed by atoms with Crippen molar-refractivity contribution in [2.24, 2.45) is 5.73 Å². The lowest BCUT2D eigenvalue weighted by atomic mass is 9.77. The Labute approximate surface area is 130 Å². The van der Waals surface area contributed by atoms with Crippen LogP contribution in [-0.2, 0) is 20.1 Å². The van der Waals surface area contributed by atoms with Crippen LogP contribution < -0.4 is 5.73 Å². The first kappa shape index (κ1) is 15.3. The summed E-state index contributed by atoms with van der Waals surface area (Å²) >= 11 is 6.24. The molecule has 1 aliphatic carbocycles. The van der Waals surface area contributed by atoms with E-state index in [1.54, 1.807) is 12.1 Å². The van der Waals surface area contributed by atoms with Crippen molar-refractivity contribution in [3.63, 3.8) is 0 Å². The molecule has 1 aromatic rings. The van der Waals surface area contributed by atoms with Gasteiger partial charge in [-0.1, -0.05) is 36.9 Å². The van der Waals surface area contributed by atoms with Crippen molar-refractivity contribution in [2.45, 2.75) is 47.8 Å². The van der Waals surface area contributed by atoms with E-state index in [1.807, 2.05) is 6.07 Å². The number of halogens is 1. The van der Waals surface area contributed by atoms with Crippen molar-refractivity contribution in [3.05, 3.63) is 28.8 Å². The van der Waals surface area contributed by atoms with E-state index < -0.39 is 15.1 Å². The van der Waals surface area contributed by atoms with Gasteiger partial charge in [-0.25, -0.2) is 8.42 Å². The minimum atomic E-state index is -3.40. The molecule has 1 aromatic carbocycles. The Hall–Kier alpha value is -0.620. The highest BCUT2D eigenvalue weighted by molar-refractivity contribution is 7.92. The Balaban J connectivity index is 1.93. The van der Waals surface area contributed by atoms with Crippen LogP contribution in [0.2, 0.25) is 5.02 Å². The molecule has 2 fully saturated rings. The van der Waals surface area contributed by atoms with Crippen LogP contribution in [0.5, 0.6) is 0 Å². The quantitative estimate of drug-likeness (QED) is 0.925. The summed E-state index contributed by atoms with van der Waals surface area (Å²) in [7, 11) is -3.40. The number of benzene rings is 1. The van der Waals surface area contributed by atoms with Crippen LogP contribution in [0.4, 0.5) is 0 Å². The predicted octanol–water partition coefficient (Wildman–Crippen LogP) is 2.63. The molecular formula is C15H20ClNO3S. The number of rotatable bonds is 3. The molecule has 1 saturated carbocycles. The third kappa shape index (κ3) is 2.72. The Morgan fingerprint density at radius 1 is 1.19 bits per heavy atom. The lowest BCUT2D eigenvalue weighted by Gasteiger charge is -2.34. The molecule has 0 atom stereocenters. The minimum absolute atomic E-state index is 0.195. The molecular weight excluding hydrogens is 310 g/mol. The van der Waals surface area contributed by atoms with Crippen LogP contribution in [0.25, 0.3) is 0 Å². The molecule has 0 radical (unpaired) electrons. The van der Waals surface area contributed by atoms with Crippen molar-refractivity contribution in [1.29, 1.82) is 0 Å². The average Bonchev–Trinajstić information content (AvgIpc) is 2.36. The summed E-state index contributed by atoms with van der Waals surface area (Å²) in [4.78, 5) is 0.195. The molecule has 0 amide bonds. The van der Waals surface area contributed by atoms with E-state index in [2.05, 4.69) is 0 Å². The van der Waals surface area contributed by atoms with Gasteiger partial charge < -0.3 is 10.5 Å². The topological polar surface area (TPSA) is 69.4 Å². The van der Waals surface area contributed by atoms with Crippen molar-refractivity contribution in [2.75, 3.05) is 13.2 Å². The van der Waals surface area contributed by atoms with Crippen LogP contribution in [0.3, 0.4) is 0 Å². The summed E-state index contributed by atoms with van der Waals surface area (Å²) in [6, 6.07) is 5.16. The monoisotopic (exact) mass is 329 g/mol. The molecule has 0 spiro atoms. The van der Waals surface area contributed by atoms with E-state index >= 15 is 0 Å². The number of hydrogen-bond donors (Lipinski definition) is 1. The van der Waals surface area contributed by atoms with E-state index in [-0.39, 0.29) is 28.7 Å². The Morgan fingerprint density at radius 3 is 2.38 bits per heavy atom. The summed E-state index contributed by atoms with van der Waals surface area (Å²) in [5, 5.41) is -0.197. The van der Waals surface area contributed by atoms with Gasteiger partial charge in [-0.2, -0.15) is 0 Å². The fraction of sp³-hybridized carbons (Fsp3) is 0.600. The minimum Gasteiger partial charge on any atom is -0.379 e. The van der Waals surface area contributed by atoms with Crippen molar-refractivity contribution in [3.8, 4) is 0 Å². The maximum absolute atomic E-state index is 12.4. The average molecular weight is 330 g/mol. The van der Waals surface area contributed by atoms with Gasteiger partial charge in [0.05, 0.1) is 23.1 Å². The second kappa shape index (κ2) is 5.54. The van der Waals surface area contributed by atoms with Crippen molar-refractivity contribution < 1.29 is 13.2 Å². The van der Waals surface area contributed by atoms with E-state index in [1.165, 1.54) is 6.42 Å². The van der Waals surface area contributed by atoms with Gasteiger partial charge in [-0.3, -0.25) is 0 Å². The molecule has 2 N–H and O–H groups in total. The van der Waals surface area contributed by atoms with Gasteiger partial charge in [0, 0.05) is 5.54 Å². The second-order valence-electron chi connectivity index (χ2n) is 6.07. The summed E-state index contributed by atoms with van der Waals surface area (Å²) in [5.74, 6) is 0. The van der Waals surface area contributed by atoms with Crippen LogP contribution in [0.1, 0.15) is 37.7 Å². The SMILES string of the molecule is NC1(c2ccc(S(=O)(=O)C3COC3)c(Cl)c2)CCCCC1. The third-order valence-corrected chi connectivity index (χ3v) is 7.15. The van der Waals surface area contributed by atoms with Gasteiger partial charge in [-0.15, -0.1) is 0 Å². The highest BCUT2D eigenvalue weighted by atomic mass is 35.5. The largest absolute Gasteiger partial charge is 0.379 e. The van der Waals surface area contributed by atoms with Gasteiger partial charge >= 0.3 is 0 Å². The standard InChI is InChI=1S/C15H20ClNO3S/c16-13-8-11(15(17)6-2-1-3-7-15)4-5-14(13)21(18,19)12-9-20-10-12/h4-5,8,12H,1-3,6-7,9-10,17H2. The van der Waals surface area contributed by atoms with Crippen molar-refractivity contribution >= 4 is 21.4 Å². The van der Waals surface area contributed by atoms with E-state index in [0.29, 0.717) is 0 Å². The van der Waals surface area contributed by atoms with E-state index in [4.69, 9.17) is 22.1 Å². The molecule has 1 heterocycles. The number of hydrogen-bond acceptors (Lipinski definition) is 4. The van der Waals surface area contributed by atoms with Gasteiger partial charge in [0.2, 0.25) is 0 Å². The van der Waals surface area contributed by atoms with E-state index in [0.717, 1.165) is 31.2 Å². The Bertz CT molecular complexity index is 634. The zero-order chi connectivity index (χ0) is 15.1. The zero-order valence-electron chi connectivity index (χ0n) is 11.8. The lowest BCUT2D eigenvalue weighted by molar-refractivity contribution is 0.0416. The third-order valence-electron chi connectivity index (χ3n) is 4.61. The number of sulfone groups is 1. The van der Waals surface area contributed by atoms with Crippen LogP contribution in [0.15, 0.2) is 23.1 Å². The smallest absolute Gasteiger partial charge is 0.187 e. The fourth-order valence-corrected chi connectivity index (χ4v) is 5.09. The summed E-state index contributed by atoms with van der Waals surface area (Å²) in [6.45, 7) is 0.502. The van der Waals surface area contributed by atoms with Gasteiger partial charge in [-0.05, 0) is 30.5 Å². The van der Waals surface area contributed by atoms with Crippen LogP contribution in [-0.4, -0.2) is 26.9 Å². The van der Waals surface area contributed by atoms with E-state index in [9.17, 15) is 8.42 Å². The van der Waals surface area contributed by atoms with Gasteiger partial charge in [0.15, 0.2) is 9.84 Å². The summed E-state index contributed by atoms with van der Waals surface area (Å²) in [6.07, 6.45) is 5.26. The zero-order valence-corrected chi connectivity index (χ0v) is 13.4. The number of nitrogens with two attached hydrogens (primary N) is 1. The normalized spacial score (nSPS) is 22.8. The molecule has 0 bridgehead atoms. The molecule has 116 valence electrons. The maximum atomic E-state index is 12.4. The Kier molecular flexibility index (Phi) is 4.03. The molecule has 21 heavy (non-hydrogen) atoms. The van der Waals surface area contributed by atoms with Crippen LogP contribution >= 0.6 is 11.6 Å². The highest BCUT2D eigenvalue weighted by Gasteiger charge is 2.36. The molecule has 3 rings (SSSR count). The first-order valence-corrected chi connectivity index (χ1v) is 9.26.